The van der Waals surface area contributed by atoms with Crippen molar-refractivity contribution in [2.45, 2.75) is 42.7 Å². The highest BCUT2D eigenvalue weighted by atomic mass is 32.2. The van der Waals surface area contributed by atoms with Crippen LogP contribution in [0, 0.1) is 5.41 Å². The quantitative estimate of drug-likeness (QED) is 0.375. The van der Waals surface area contributed by atoms with Crippen LogP contribution in [0.15, 0.2) is 17.2 Å². The molecule has 1 aromatic rings. The molecule has 0 bridgehead atoms. The third-order valence-corrected chi connectivity index (χ3v) is 5.69. The van der Waals surface area contributed by atoms with Crippen molar-refractivity contribution in [2.75, 3.05) is 0 Å². The Hall–Kier alpha value is -2.40. The summed E-state index contributed by atoms with van der Waals surface area (Å²) in [6.07, 6.45) is 3.34. The van der Waals surface area contributed by atoms with E-state index in [1.807, 2.05) is 0 Å². The first kappa shape index (κ1) is 17.4. The zero-order chi connectivity index (χ0) is 18.4. The molecule has 25 heavy (non-hydrogen) atoms. The number of hydrogen-bond donors (Lipinski definition) is 5. The minimum atomic E-state index is -3.89. The van der Waals surface area contributed by atoms with E-state index in [1.54, 1.807) is 0 Å². The Bertz CT molecular complexity index is 842. The molecule has 0 radical (unpaired) electrons. The normalized spacial score (nSPS) is 24.0. The van der Waals surface area contributed by atoms with Crippen LogP contribution < -0.4 is 21.5 Å². The molecule has 2 aliphatic carbocycles. The monoisotopic (exact) mass is 369 g/mol. The molecule has 2 aliphatic rings. The van der Waals surface area contributed by atoms with Crippen LogP contribution in [-0.2, 0) is 19.6 Å². The molecule has 0 aliphatic heterocycles. The summed E-state index contributed by atoms with van der Waals surface area (Å²) in [5.41, 5.74) is 4.21. The number of carbonyl (C=O) groups excluding carboxylic acids is 3. The van der Waals surface area contributed by atoms with Gasteiger partial charge in [-0.15, -0.1) is 0 Å². The van der Waals surface area contributed by atoms with Gasteiger partial charge in [0.05, 0.1) is 4.90 Å². The third-order valence-electron chi connectivity index (χ3n) is 4.79. The van der Waals surface area contributed by atoms with Gasteiger partial charge in [0.25, 0.3) is 5.91 Å². The van der Waals surface area contributed by atoms with Gasteiger partial charge in [-0.2, -0.15) is 0 Å². The van der Waals surface area contributed by atoms with Crippen LogP contribution in [-0.4, -0.2) is 43.2 Å². The average molecular weight is 369 g/mol. The van der Waals surface area contributed by atoms with E-state index in [0.717, 1.165) is 12.3 Å². The number of primary sulfonamides is 1. The fourth-order valence-electron chi connectivity index (χ4n) is 2.78. The first-order valence-electron chi connectivity index (χ1n) is 7.76. The van der Waals surface area contributed by atoms with Gasteiger partial charge < -0.3 is 21.4 Å². The SMILES string of the molecule is NC(=O)C1(C(=O)NC2CCC2NC(=O)c2cc(S(N)(=O)=O)c[nH]2)CC1. The van der Waals surface area contributed by atoms with Gasteiger partial charge in [-0.05, 0) is 31.7 Å². The molecule has 0 saturated heterocycles. The zero-order valence-corrected chi connectivity index (χ0v) is 14.1. The molecule has 7 N–H and O–H groups in total. The van der Waals surface area contributed by atoms with Crippen LogP contribution in [0.1, 0.15) is 36.2 Å². The Balaban J connectivity index is 1.58. The van der Waals surface area contributed by atoms with E-state index in [2.05, 4.69) is 15.6 Å². The predicted octanol–water partition coefficient (Wildman–Crippen LogP) is -1.70. The Labute approximate surface area is 143 Å². The Morgan fingerprint density at radius 1 is 1.16 bits per heavy atom. The number of aromatic amines is 1. The largest absolute Gasteiger partial charge is 0.369 e. The molecule has 2 saturated carbocycles. The Morgan fingerprint density at radius 2 is 1.76 bits per heavy atom. The van der Waals surface area contributed by atoms with Crippen LogP contribution in [0.4, 0.5) is 0 Å². The molecule has 2 fully saturated rings. The summed E-state index contributed by atoms with van der Waals surface area (Å²) in [4.78, 5) is 38.1. The maximum absolute atomic E-state index is 12.2. The van der Waals surface area contributed by atoms with E-state index in [-0.39, 0.29) is 22.7 Å². The molecule has 11 heteroatoms. The number of H-pyrrole nitrogens is 1. The summed E-state index contributed by atoms with van der Waals surface area (Å²) in [7, 11) is -3.89. The molecular weight excluding hydrogens is 350 g/mol. The molecule has 2 atom stereocenters. The smallest absolute Gasteiger partial charge is 0.268 e. The maximum atomic E-state index is 12.2. The van der Waals surface area contributed by atoms with Crippen molar-refractivity contribution in [3.05, 3.63) is 18.0 Å². The first-order valence-corrected chi connectivity index (χ1v) is 9.31. The lowest BCUT2D eigenvalue weighted by Crippen LogP contribution is -2.60. The number of hydrogen-bond acceptors (Lipinski definition) is 5. The summed E-state index contributed by atoms with van der Waals surface area (Å²) in [5, 5.41) is 10.5. The van der Waals surface area contributed by atoms with Gasteiger partial charge in [0, 0.05) is 18.3 Å². The number of aromatic nitrogens is 1. The fourth-order valence-corrected chi connectivity index (χ4v) is 3.28. The number of primary amides is 1. The van der Waals surface area contributed by atoms with Gasteiger partial charge in [-0.1, -0.05) is 0 Å². The van der Waals surface area contributed by atoms with Gasteiger partial charge in [0.2, 0.25) is 21.8 Å². The number of amides is 3. The molecular formula is C14H19N5O5S. The third kappa shape index (κ3) is 3.24. The summed E-state index contributed by atoms with van der Waals surface area (Å²) < 4.78 is 22.5. The number of rotatable bonds is 6. The second kappa shape index (κ2) is 5.85. The number of nitrogens with one attached hydrogen (secondary N) is 3. The molecule has 1 heterocycles. The molecule has 136 valence electrons. The summed E-state index contributed by atoms with van der Waals surface area (Å²) in [5.74, 6) is -1.54. The van der Waals surface area contributed by atoms with E-state index in [0.29, 0.717) is 25.7 Å². The van der Waals surface area contributed by atoms with Gasteiger partial charge in [-0.3, -0.25) is 14.4 Å². The lowest BCUT2D eigenvalue weighted by atomic mass is 9.85. The van der Waals surface area contributed by atoms with Crippen LogP contribution in [0.3, 0.4) is 0 Å². The highest BCUT2D eigenvalue weighted by Gasteiger charge is 2.56. The minimum Gasteiger partial charge on any atom is -0.369 e. The molecule has 0 spiro atoms. The van der Waals surface area contributed by atoms with Crippen molar-refractivity contribution in [2.24, 2.45) is 16.3 Å². The molecule has 3 amide bonds. The van der Waals surface area contributed by atoms with Crippen molar-refractivity contribution in [3.63, 3.8) is 0 Å². The lowest BCUT2D eigenvalue weighted by Gasteiger charge is -2.38. The van der Waals surface area contributed by atoms with Crippen LogP contribution in [0.5, 0.6) is 0 Å². The van der Waals surface area contributed by atoms with E-state index in [4.69, 9.17) is 10.9 Å². The fraction of sp³-hybridized carbons (Fsp3) is 0.500. The van der Waals surface area contributed by atoms with Gasteiger partial charge in [-0.25, -0.2) is 13.6 Å². The maximum Gasteiger partial charge on any atom is 0.268 e. The van der Waals surface area contributed by atoms with Gasteiger partial charge in [0.1, 0.15) is 11.1 Å². The van der Waals surface area contributed by atoms with Gasteiger partial charge in [0.15, 0.2) is 0 Å². The van der Waals surface area contributed by atoms with Crippen molar-refractivity contribution < 1.29 is 22.8 Å². The molecule has 2 unspecified atom stereocenters. The Kier molecular flexibility index (Phi) is 4.07. The summed E-state index contributed by atoms with van der Waals surface area (Å²) >= 11 is 0. The zero-order valence-electron chi connectivity index (χ0n) is 13.2. The number of carbonyl (C=O) groups is 3. The van der Waals surface area contributed by atoms with E-state index < -0.39 is 33.2 Å². The Morgan fingerprint density at radius 3 is 2.20 bits per heavy atom. The number of sulfonamides is 1. The van der Waals surface area contributed by atoms with E-state index in [1.165, 1.54) is 0 Å². The van der Waals surface area contributed by atoms with Crippen LogP contribution in [0.25, 0.3) is 0 Å². The molecule has 0 aromatic carbocycles. The van der Waals surface area contributed by atoms with Crippen LogP contribution >= 0.6 is 0 Å². The highest BCUT2D eigenvalue weighted by molar-refractivity contribution is 7.89. The van der Waals surface area contributed by atoms with E-state index >= 15 is 0 Å². The van der Waals surface area contributed by atoms with Crippen molar-refractivity contribution in [1.29, 1.82) is 0 Å². The molecule has 10 nitrogen and oxygen atoms in total. The van der Waals surface area contributed by atoms with Gasteiger partial charge >= 0.3 is 0 Å². The average Bonchev–Trinajstić information content (AvgIpc) is 3.17. The highest BCUT2D eigenvalue weighted by Crippen LogP contribution is 2.45. The topological polar surface area (TPSA) is 177 Å². The van der Waals surface area contributed by atoms with Crippen molar-refractivity contribution >= 4 is 27.7 Å². The standard InChI is InChI=1S/C14H19N5O5S/c15-12(21)14(3-4-14)13(22)19-9-2-1-8(9)18-11(20)10-5-7(6-17-10)25(16,23)24/h5-6,8-9,17H,1-4H2,(H2,15,21)(H,18,20)(H,19,22)(H2,16,23,24). The number of nitrogens with two attached hydrogens (primary N) is 2. The van der Waals surface area contributed by atoms with Crippen LogP contribution in [0.2, 0.25) is 0 Å². The summed E-state index contributed by atoms with van der Waals surface area (Å²) in [6, 6.07) is 0.547. The summed E-state index contributed by atoms with van der Waals surface area (Å²) in [6.45, 7) is 0. The lowest BCUT2D eigenvalue weighted by molar-refractivity contribution is -0.136. The second-order valence-corrected chi connectivity index (χ2v) is 8.04. The van der Waals surface area contributed by atoms with Crippen molar-refractivity contribution in [3.8, 4) is 0 Å². The minimum absolute atomic E-state index is 0.0526. The second-order valence-electron chi connectivity index (χ2n) is 6.48. The molecule has 3 rings (SSSR count). The first-order chi connectivity index (χ1) is 11.6. The van der Waals surface area contributed by atoms with E-state index in [9.17, 15) is 22.8 Å². The molecule has 1 aromatic heterocycles. The van der Waals surface area contributed by atoms with Crippen molar-refractivity contribution in [1.82, 2.24) is 15.6 Å². The predicted molar refractivity (Wildman–Crippen MR) is 85.4 cm³/mol.